The highest BCUT2D eigenvalue weighted by molar-refractivity contribution is 6.30. The van der Waals surface area contributed by atoms with Crippen LogP contribution in [0.1, 0.15) is 10.5 Å². The van der Waals surface area contributed by atoms with Gasteiger partial charge in [0.15, 0.2) is 5.69 Å². The Hall–Kier alpha value is -2.86. The molecule has 0 aliphatic carbocycles. The first-order chi connectivity index (χ1) is 11.5. The maximum Gasteiger partial charge on any atom is 0.356 e. The number of methoxy groups -OCH3 is 1. The SMILES string of the molecule is COc1ccccc1-c1cc(C(=O)O)nn1-c1ccc(F)c(Cl)c1. The zero-order valence-electron chi connectivity index (χ0n) is 12.5. The molecule has 0 aliphatic rings. The van der Waals surface area contributed by atoms with Crippen LogP contribution in [0.15, 0.2) is 48.5 Å². The molecule has 5 nitrogen and oxygen atoms in total. The Morgan fingerprint density at radius 2 is 2.00 bits per heavy atom. The number of carboxylic acids is 1. The highest BCUT2D eigenvalue weighted by Crippen LogP contribution is 2.32. The lowest BCUT2D eigenvalue weighted by atomic mass is 10.1. The van der Waals surface area contributed by atoms with E-state index < -0.39 is 11.8 Å². The number of hydrogen-bond acceptors (Lipinski definition) is 3. The monoisotopic (exact) mass is 346 g/mol. The second-order valence-electron chi connectivity index (χ2n) is 4.93. The minimum Gasteiger partial charge on any atom is -0.496 e. The molecule has 0 radical (unpaired) electrons. The Kier molecular flexibility index (Phi) is 4.22. The van der Waals surface area contributed by atoms with Crippen LogP contribution < -0.4 is 4.74 Å². The highest BCUT2D eigenvalue weighted by Gasteiger charge is 2.19. The van der Waals surface area contributed by atoms with Gasteiger partial charge in [0.1, 0.15) is 11.6 Å². The van der Waals surface area contributed by atoms with Crippen molar-refractivity contribution in [1.29, 1.82) is 0 Å². The van der Waals surface area contributed by atoms with E-state index in [0.717, 1.165) is 0 Å². The molecule has 0 amide bonds. The number of rotatable bonds is 4. The van der Waals surface area contributed by atoms with Gasteiger partial charge in [-0.1, -0.05) is 23.7 Å². The molecule has 3 aromatic rings. The molecule has 0 unspecified atom stereocenters. The van der Waals surface area contributed by atoms with Crippen molar-refractivity contribution in [3.63, 3.8) is 0 Å². The molecule has 1 aromatic heterocycles. The number of halogens is 2. The summed E-state index contributed by atoms with van der Waals surface area (Å²) in [6.45, 7) is 0. The van der Waals surface area contributed by atoms with Gasteiger partial charge in [0.25, 0.3) is 0 Å². The minimum absolute atomic E-state index is 0.0779. The molecule has 0 spiro atoms. The van der Waals surface area contributed by atoms with Crippen LogP contribution >= 0.6 is 11.6 Å². The first-order valence-corrected chi connectivity index (χ1v) is 7.31. The molecule has 0 atom stereocenters. The van der Waals surface area contributed by atoms with E-state index in [1.54, 1.807) is 24.3 Å². The number of hydrogen-bond donors (Lipinski definition) is 1. The molecule has 1 N–H and O–H groups in total. The molecule has 0 fully saturated rings. The largest absolute Gasteiger partial charge is 0.496 e. The summed E-state index contributed by atoms with van der Waals surface area (Å²) < 4.78 is 20.1. The van der Waals surface area contributed by atoms with Gasteiger partial charge in [0.05, 0.1) is 23.5 Å². The lowest BCUT2D eigenvalue weighted by molar-refractivity contribution is 0.0690. The van der Waals surface area contributed by atoms with Crippen LogP contribution in [0.4, 0.5) is 4.39 Å². The number of carboxylic acid groups (broad SMARTS) is 1. The number of aromatic nitrogens is 2. The summed E-state index contributed by atoms with van der Waals surface area (Å²) in [4.78, 5) is 11.3. The summed E-state index contributed by atoms with van der Waals surface area (Å²) in [5, 5.41) is 13.3. The predicted molar refractivity (Wildman–Crippen MR) is 87.5 cm³/mol. The molecule has 3 rings (SSSR count). The Balaban J connectivity index is 2.25. The summed E-state index contributed by atoms with van der Waals surface area (Å²) in [6.07, 6.45) is 0. The highest BCUT2D eigenvalue weighted by atomic mass is 35.5. The van der Waals surface area contributed by atoms with Crippen molar-refractivity contribution in [2.45, 2.75) is 0 Å². The Morgan fingerprint density at radius 3 is 2.67 bits per heavy atom. The lowest BCUT2D eigenvalue weighted by Crippen LogP contribution is -2.03. The molecule has 24 heavy (non-hydrogen) atoms. The third kappa shape index (κ3) is 2.83. The first kappa shape index (κ1) is 16.0. The number of nitrogens with zero attached hydrogens (tertiary/aromatic N) is 2. The number of ether oxygens (including phenoxy) is 1. The molecular formula is C17H12ClFN2O3. The van der Waals surface area contributed by atoms with Crippen LogP contribution in [-0.2, 0) is 0 Å². The summed E-state index contributed by atoms with van der Waals surface area (Å²) in [5.41, 5.74) is 1.44. The van der Waals surface area contributed by atoms with Crippen molar-refractivity contribution < 1.29 is 19.0 Å². The number of benzene rings is 2. The van der Waals surface area contributed by atoms with E-state index in [1.165, 1.54) is 36.1 Å². The van der Waals surface area contributed by atoms with Crippen LogP contribution in [0.25, 0.3) is 16.9 Å². The minimum atomic E-state index is -1.17. The van der Waals surface area contributed by atoms with Gasteiger partial charge in [0.2, 0.25) is 0 Å². The summed E-state index contributed by atoms with van der Waals surface area (Å²) in [5.74, 6) is -1.17. The third-order valence-electron chi connectivity index (χ3n) is 3.46. The third-order valence-corrected chi connectivity index (χ3v) is 3.75. The van der Waals surface area contributed by atoms with E-state index in [2.05, 4.69) is 5.10 Å². The fourth-order valence-electron chi connectivity index (χ4n) is 2.35. The van der Waals surface area contributed by atoms with Crippen LogP contribution in [0.5, 0.6) is 5.75 Å². The average molecular weight is 347 g/mol. The maximum atomic E-state index is 13.4. The topological polar surface area (TPSA) is 64.3 Å². The zero-order valence-corrected chi connectivity index (χ0v) is 13.3. The quantitative estimate of drug-likeness (QED) is 0.774. The van der Waals surface area contributed by atoms with Crippen LogP contribution in [0.3, 0.4) is 0 Å². The van der Waals surface area contributed by atoms with Gasteiger partial charge < -0.3 is 9.84 Å². The predicted octanol–water partition coefficient (Wildman–Crippen LogP) is 4.04. The Bertz CT molecular complexity index is 924. The summed E-state index contributed by atoms with van der Waals surface area (Å²) >= 11 is 5.83. The van der Waals surface area contributed by atoms with Crippen molar-refractivity contribution >= 4 is 17.6 Å². The summed E-state index contributed by atoms with van der Waals surface area (Å²) in [6, 6.07) is 12.6. The second kappa shape index (κ2) is 6.33. The molecule has 0 bridgehead atoms. The van der Waals surface area contributed by atoms with Crippen LogP contribution in [-0.4, -0.2) is 28.0 Å². The molecule has 1 heterocycles. The van der Waals surface area contributed by atoms with Gasteiger partial charge in [-0.05, 0) is 36.4 Å². The average Bonchev–Trinajstić information content (AvgIpc) is 3.02. The number of para-hydroxylation sites is 1. The second-order valence-corrected chi connectivity index (χ2v) is 5.34. The molecule has 0 aliphatic heterocycles. The fraction of sp³-hybridized carbons (Fsp3) is 0.0588. The van der Waals surface area contributed by atoms with Crippen molar-refractivity contribution in [2.75, 3.05) is 7.11 Å². The molecular weight excluding hydrogens is 335 g/mol. The van der Waals surface area contributed by atoms with Gasteiger partial charge in [0, 0.05) is 5.56 Å². The zero-order chi connectivity index (χ0) is 17.3. The van der Waals surface area contributed by atoms with E-state index in [4.69, 9.17) is 16.3 Å². The molecule has 0 saturated carbocycles. The van der Waals surface area contributed by atoms with Crippen molar-refractivity contribution in [3.05, 3.63) is 65.1 Å². The standard InChI is InChI=1S/C17H12ClFN2O3/c1-24-16-5-3-2-4-11(16)15-9-14(17(22)23)20-21(15)10-6-7-13(19)12(18)8-10/h2-9H,1H3,(H,22,23). The van der Waals surface area contributed by atoms with Gasteiger partial charge in [-0.15, -0.1) is 0 Å². The van der Waals surface area contributed by atoms with Crippen LogP contribution in [0, 0.1) is 5.82 Å². The van der Waals surface area contributed by atoms with E-state index in [1.807, 2.05) is 0 Å². The lowest BCUT2D eigenvalue weighted by Gasteiger charge is -2.11. The van der Waals surface area contributed by atoms with Gasteiger partial charge in [-0.2, -0.15) is 5.10 Å². The van der Waals surface area contributed by atoms with Crippen LogP contribution in [0.2, 0.25) is 5.02 Å². The molecule has 7 heteroatoms. The summed E-state index contributed by atoms with van der Waals surface area (Å²) in [7, 11) is 1.52. The van der Waals surface area contributed by atoms with Gasteiger partial charge in [-0.25, -0.2) is 13.9 Å². The normalized spacial score (nSPS) is 10.6. The van der Waals surface area contributed by atoms with E-state index >= 15 is 0 Å². The van der Waals surface area contributed by atoms with Crippen molar-refractivity contribution in [2.24, 2.45) is 0 Å². The Morgan fingerprint density at radius 1 is 1.25 bits per heavy atom. The van der Waals surface area contributed by atoms with Gasteiger partial charge >= 0.3 is 5.97 Å². The first-order valence-electron chi connectivity index (χ1n) is 6.93. The molecule has 122 valence electrons. The van der Waals surface area contributed by atoms with Crippen molar-refractivity contribution in [1.82, 2.24) is 9.78 Å². The molecule has 0 saturated heterocycles. The number of carbonyl (C=O) groups is 1. The van der Waals surface area contributed by atoms with E-state index in [0.29, 0.717) is 22.7 Å². The molecule has 2 aromatic carbocycles. The smallest absolute Gasteiger partial charge is 0.356 e. The Labute approximate surface area is 141 Å². The van der Waals surface area contributed by atoms with Crippen molar-refractivity contribution in [3.8, 4) is 22.7 Å². The van der Waals surface area contributed by atoms with E-state index in [9.17, 15) is 14.3 Å². The van der Waals surface area contributed by atoms with Gasteiger partial charge in [-0.3, -0.25) is 0 Å². The number of aromatic carboxylic acids is 1. The maximum absolute atomic E-state index is 13.4. The van der Waals surface area contributed by atoms with E-state index in [-0.39, 0.29) is 10.7 Å². The fourth-order valence-corrected chi connectivity index (χ4v) is 2.52.